The third kappa shape index (κ3) is 2.96. The minimum Gasteiger partial charge on any atom is -0.304 e. The van der Waals surface area contributed by atoms with Crippen LogP contribution in [0.25, 0.3) is 0 Å². The van der Waals surface area contributed by atoms with Crippen LogP contribution in [0.4, 0.5) is 4.39 Å². The van der Waals surface area contributed by atoms with Crippen LogP contribution in [0.2, 0.25) is 0 Å². The van der Waals surface area contributed by atoms with Crippen LogP contribution in [-0.2, 0) is 7.05 Å². The molecule has 1 aromatic carbocycles. The van der Waals surface area contributed by atoms with Gasteiger partial charge in [0.2, 0.25) is 0 Å². The molecule has 18 heavy (non-hydrogen) atoms. The summed E-state index contributed by atoms with van der Waals surface area (Å²) < 4.78 is 14.9. The highest BCUT2D eigenvalue weighted by Crippen LogP contribution is 2.19. The Morgan fingerprint density at radius 2 is 1.94 bits per heavy atom. The number of nitrogens with one attached hydrogen (secondary N) is 1. The molecule has 0 saturated heterocycles. The van der Waals surface area contributed by atoms with E-state index in [1.807, 2.05) is 32.4 Å². The van der Waals surface area contributed by atoms with Crippen LogP contribution in [-0.4, -0.2) is 9.78 Å². The molecule has 2 rings (SSSR count). The third-order valence-electron chi connectivity index (χ3n) is 3.07. The van der Waals surface area contributed by atoms with Gasteiger partial charge in [-0.15, -0.1) is 0 Å². The Morgan fingerprint density at radius 3 is 2.56 bits per heavy atom. The van der Waals surface area contributed by atoms with E-state index in [1.165, 1.54) is 6.07 Å². The van der Waals surface area contributed by atoms with Gasteiger partial charge >= 0.3 is 0 Å². The van der Waals surface area contributed by atoms with Crippen molar-refractivity contribution >= 4 is 0 Å². The molecular formula is C14H18FN3. The van der Waals surface area contributed by atoms with E-state index < -0.39 is 0 Å². The zero-order chi connectivity index (χ0) is 13.1. The van der Waals surface area contributed by atoms with Crippen molar-refractivity contribution in [1.82, 2.24) is 15.1 Å². The fraction of sp³-hybridized carbons (Fsp3) is 0.357. The maximum absolute atomic E-state index is 13.2. The average molecular weight is 247 g/mol. The molecule has 3 nitrogen and oxygen atoms in total. The predicted octanol–water partition coefficient (Wildman–Crippen LogP) is 2.97. The van der Waals surface area contributed by atoms with E-state index in [1.54, 1.807) is 16.8 Å². The largest absolute Gasteiger partial charge is 0.304 e. The van der Waals surface area contributed by atoms with Gasteiger partial charge in [-0.2, -0.15) is 5.10 Å². The van der Waals surface area contributed by atoms with E-state index in [0.717, 1.165) is 11.1 Å². The van der Waals surface area contributed by atoms with E-state index in [4.69, 9.17) is 0 Å². The van der Waals surface area contributed by atoms with Crippen LogP contribution in [0.5, 0.6) is 0 Å². The quantitative estimate of drug-likeness (QED) is 0.900. The highest BCUT2D eigenvalue weighted by Gasteiger charge is 2.12. The summed E-state index contributed by atoms with van der Waals surface area (Å²) in [5, 5.41) is 7.58. The van der Waals surface area contributed by atoms with Crippen LogP contribution in [0.1, 0.15) is 37.1 Å². The summed E-state index contributed by atoms with van der Waals surface area (Å²) in [7, 11) is 1.90. The Morgan fingerprint density at radius 1 is 1.22 bits per heavy atom. The number of hydrogen-bond donors (Lipinski definition) is 1. The van der Waals surface area contributed by atoms with Gasteiger partial charge in [-0.3, -0.25) is 4.68 Å². The van der Waals surface area contributed by atoms with Crippen molar-refractivity contribution in [2.75, 3.05) is 0 Å². The third-order valence-corrected chi connectivity index (χ3v) is 3.07. The number of nitrogens with zero attached hydrogens (tertiary/aromatic N) is 2. The van der Waals surface area contributed by atoms with Gasteiger partial charge < -0.3 is 5.32 Å². The van der Waals surface area contributed by atoms with Gasteiger partial charge in [0.05, 0.1) is 6.20 Å². The molecule has 1 N–H and O–H groups in total. The number of rotatable bonds is 4. The lowest BCUT2D eigenvalue weighted by atomic mass is 10.1. The monoisotopic (exact) mass is 247 g/mol. The molecule has 0 spiro atoms. The van der Waals surface area contributed by atoms with Gasteiger partial charge in [-0.25, -0.2) is 4.39 Å². The molecule has 4 heteroatoms. The minimum absolute atomic E-state index is 0.0934. The normalized spacial score (nSPS) is 14.4. The zero-order valence-electron chi connectivity index (χ0n) is 10.9. The second-order valence-corrected chi connectivity index (χ2v) is 4.61. The van der Waals surface area contributed by atoms with Crippen molar-refractivity contribution < 1.29 is 4.39 Å². The Bertz CT molecular complexity index is 521. The Labute approximate surface area is 107 Å². The molecule has 1 aromatic heterocycles. The molecule has 0 saturated carbocycles. The summed E-state index contributed by atoms with van der Waals surface area (Å²) in [4.78, 5) is 0. The van der Waals surface area contributed by atoms with Gasteiger partial charge in [0.25, 0.3) is 0 Å². The van der Waals surface area contributed by atoms with Gasteiger partial charge in [-0.1, -0.05) is 12.1 Å². The number of aryl methyl sites for hydroxylation is 1. The first-order valence-corrected chi connectivity index (χ1v) is 6.06. The standard InChI is InChI=1S/C14H18FN3/c1-10(12-5-4-6-14(15)7-12)17-11(2)13-8-16-18(3)9-13/h4-11,17H,1-3H3/t10-,11?/m0/s1. The molecule has 1 heterocycles. The smallest absolute Gasteiger partial charge is 0.123 e. The van der Waals surface area contributed by atoms with Crippen LogP contribution in [0, 0.1) is 5.82 Å². The zero-order valence-corrected chi connectivity index (χ0v) is 10.9. The average Bonchev–Trinajstić information content (AvgIpc) is 2.76. The molecule has 96 valence electrons. The van der Waals surface area contributed by atoms with Crippen LogP contribution in [0.3, 0.4) is 0 Å². The van der Waals surface area contributed by atoms with E-state index >= 15 is 0 Å². The first-order chi connectivity index (χ1) is 8.56. The first kappa shape index (κ1) is 12.8. The molecule has 2 atom stereocenters. The first-order valence-electron chi connectivity index (χ1n) is 6.06. The van der Waals surface area contributed by atoms with Crippen molar-refractivity contribution in [2.45, 2.75) is 25.9 Å². The molecule has 2 aromatic rings. The maximum Gasteiger partial charge on any atom is 0.123 e. The summed E-state index contributed by atoms with van der Waals surface area (Å²) >= 11 is 0. The molecule has 1 unspecified atom stereocenters. The fourth-order valence-electron chi connectivity index (χ4n) is 2.01. The lowest BCUT2D eigenvalue weighted by Gasteiger charge is -2.19. The van der Waals surface area contributed by atoms with E-state index in [0.29, 0.717) is 0 Å². The molecule has 0 aliphatic carbocycles. The second kappa shape index (κ2) is 5.31. The van der Waals surface area contributed by atoms with Crippen molar-refractivity contribution in [3.63, 3.8) is 0 Å². The molecule has 0 fully saturated rings. The number of hydrogen-bond acceptors (Lipinski definition) is 2. The Balaban J connectivity index is 2.05. The van der Waals surface area contributed by atoms with E-state index in [9.17, 15) is 4.39 Å². The predicted molar refractivity (Wildman–Crippen MR) is 69.6 cm³/mol. The number of aromatic nitrogens is 2. The summed E-state index contributed by atoms with van der Waals surface area (Å²) in [6, 6.07) is 6.95. The van der Waals surface area contributed by atoms with Gasteiger partial charge in [-0.05, 0) is 31.5 Å². The minimum atomic E-state index is -0.199. The van der Waals surface area contributed by atoms with Gasteiger partial charge in [0, 0.05) is 30.9 Å². The summed E-state index contributed by atoms with van der Waals surface area (Å²) in [6.45, 7) is 4.11. The van der Waals surface area contributed by atoms with Gasteiger partial charge in [0.15, 0.2) is 0 Å². The molecule has 0 aliphatic rings. The van der Waals surface area contributed by atoms with E-state index in [-0.39, 0.29) is 17.9 Å². The van der Waals surface area contributed by atoms with Crippen LogP contribution >= 0.6 is 0 Å². The van der Waals surface area contributed by atoms with Crippen molar-refractivity contribution in [1.29, 1.82) is 0 Å². The van der Waals surface area contributed by atoms with Crippen molar-refractivity contribution in [3.8, 4) is 0 Å². The van der Waals surface area contributed by atoms with Crippen molar-refractivity contribution in [3.05, 3.63) is 53.6 Å². The maximum atomic E-state index is 13.2. The molecule has 0 aliphatic heterocycles. The highest BCUT2D eigenvalue weighted by molar-refractivity contribution is 5.20. The van der Waals surface area contributed by atoms with Gasteiger partial charge in [0.1, 0.15) is 5.82 Å². The van der Waals surface area contributed by atoms with E-state index in [2.05, 4.69) is 17.3 Å². The lowest BCUT2D eigenvalue weighted by Crippen LogP contribution is -2.22. The number of halogens is 1. The van der Waals surface area contributed by atoms with Crippen molar-refractivity contribution in [2.24, 2.45) is 7.05 Å². The fourth-order valence-corrected chi connectivity index (χ4v) is 2.01. The molecule has 0 amide bonds. The highest BCUT2D eigenvalue weighted by atomic mass is 19.1. The second-order valence-electron chi connectivity index (χ2n) is 4.61. The lowest BCUT2D eigenvalue weighted by molar-refractivity contribution is 0.491. The molecule has 0 bridgehead atoms. The Kier molecular flexibility index (Phi) is 3.77. The Hall–Kier alpha value is -1.68. The molecule has 0 radical (unpaired) electrons. The summed E-state index contributed by atoms with van der Waals surface area (Å²) in [6.07, 6.45) is 3.83. The van der Waals surface area contributed by atoms with Crippen LogP contribution in [0.15, 0.2) is 36.7 Å². The summed E-state index contributed by atoms with van der Waals surface area (Å²) in [5.41, 5.74) is 2.08. The topological polar surface area (TPSA) is 29.9 Å². The number of benzene rings is 1. The van der Waals surface area contributed by atoms with Crippen LogP contribution < -0.4 is 5.32 Å². The molecular weight excluding hydrogens is 229 g/mol. The SMILES string of the molecule is CC(N[C@@H](C)c1cccc(F)c1)c1cnn(C)c1. The summed E-state index contributed by atoms with van der Waals surface area (Å²) in [5.74, 6) is -0.199.